The van der Waals surface area contributed by atoms with E-state index in [1.165, 1.54) is 6.92 Å². The van der Waals surface area contributed by atoms with E-state index in [-0.39, 0.29) is 13.3 Å². The maximum Gasteiger partial charge on any atom is 0.127 e. The molecule has 8 heavy (non-hydrogen) atoms. The Balaban J connectivity index is 3.37. The zero-order valence-electron chi connectivity index (χ0n) is 4.89. The molecule has 0 radical (unpaired) electrons. The molecule has 4 nitrogen and oxygen atoms in total. The van der Waals surface area contributed by atoms with Crippen molar-refractivity contribution < 1.29 is 10.2 Å². The van der Waals surface area contributed by atoms with Crippen LogP contribution in [0.4, 0.5) is 0 Å². The molecule has 0 aliphatic heterocycles. The largest absolute Gasteiger partial charge is 0.381 e. The first-order valence-electron chi connectivity index (χ1n) is 2.41. The van der Waals surface area contributed by atoms with Crippen LogP contribution in [0.1, 0.15) is 6.92 Å². The minimum absolute atomic E-state index is 0.0908. The number of aliphatic hydroxyl groups excluding tert-OH is 1. The second-order valence-electron chi connectivity index (χ2n) is 1.81. The Labute approximate surface area is 48.3 Å². The fourth-order valence-corrected chi connectivity index (χ4v) is 0.242. The fraction of sp³-hybridized carbons (Fsp3) is 1.00. The summed E-state index contributed by atoms with van der Waals surface area (Å²) in [5.74, 6) is 0. The molecule has 0 saturated heterocycles. The molecule has 4 heteroatoms. The zero-order chi connectivity index (χ0) is 6.62. The molecule has 0 aliphatic carbocycles. The second-order valence-corrected chi connectivity index (χ2v) is 1.81. The van der Waals surface area contributed by atoms with Crippen molar-refractivity contribution in [3.05, 3.63) is 0 Å². The van der Waals surface area contributed by atoms with E-state index in [4.69, 9.17) is 15.9 Å². The van der Waals surface area contributed by atoms with Gasteiger partial charge in [0.25, 0.3) is 0 Å². The van der Waals surface area contributed by atoms with Crippen LogP contribution in [0.2, 0.25) is 0 Å². The van der Waals surface area contributed by atoms with Crippen molar-refractivity contribution in [2.24, 2.45) is 5.73 Å². The molecule has 1 atom stereocenters. The van der Waals surface area contributed by atoms with Gasteiger partial charge in [-0.05, 0) is 6.92 Å². The van der Waals surface area contributed by atoms with E-state index in [0.29, 0.717) is 0 Å². The molecule has 5 N–H and O–H groups in total. The van der Waals surface area contributed by atoms with Gasteiger partial charge in [0.2, 0.25) is 0 Å². The van der Waals surface area contributed by atoms with Gasteiger partial charge in [0.05, 0.1) is 6.73 Å². The van der Waals surface area contributed by atoms with E-state index in [9.17, 15) is 0 Å². The van der Waals surface area contributed by atoms with Crippen molar-refractivity contribution in [2.75, 3.05) is 13.3 Å². The first-order valence-corrected chi connectivity index (χ1v) is 2.41. The molecule has 50 valence electrons. The summed E-state index contributed by atoms with van der Waals surface area (Å²) in [6, 6.07) is 0. The second kappa shape index (κ2) is 2.99. The van der Waals surface area contributed by atoms with Gasteiger partial charge in [0, 0.05) is 6.54 Å². The van der Waals surface area contributed by atoms with Gasteiger partial charge in [-0.2, -0.15) is 0 Å². The van der Waals surface area contributed by atoms with Gasteiger partial charge in [0.15, 0.2) is 0 Å². The summed E-state index contributed by atoms with van der Waals surface area (Å²) in [5, 5.41) is 19.5. The van der Waals surface area contributed by atoms with Gasteiger partial charge >= 0.3 is 0 Å². The van der Waals surface area contributed by atoms with Crippen molar-refractivity contribution in [3.63, 3.8) is 0 Å². The SMILES string of the molecule is CC(O)(CN)NCO. The highest BCUT2D eigenvalue weighted by Gasteiger charge is 2.14. The number of nitrogens with one attached hydrogen (secondary N) is 1. The minimum Gasteiger partial charge on any atom is -0.381 e. The van der Waals surface area contributed by atoms with Crippen LogP contribution >= 0.6 is 0 Å². The quantitative estimate of drug-likeness (QED) is 0.331. The van der Waals surface area contributed by atoms with Crippen LogP contribution in [0, 0.1) is 0 Å². The Kier molecular flexibility index (Phi) is 2.93. The molecule has 0 fully saturated rings. The Morgan fingerprint density at radius 2 is 2.25 bits per heavy atom. The minimum atomic E-state index is -1.13. The van der Waals surface area contributed by atoms with Crippen LogP contribution in [0.15, 0.2) is 0 Å². The first-order chi connectivity index (χ1) is 3.62. The summed E-state index contributed by atoms with van der Waals surface area (Å²) in [5.41, 5.74) is 3.94. The lowest BCUT2D eigenvalue weighted by atomic mass is 10.3. The molecular formula is C4H12N2O2. The van der Waals surface area contributed by atoms with Gasteiger partial charge in [-0.3, -0.25) is 5.32 Å². The number of hydrogen-bond donors (Lipinski definition) is 4. The Hall–Kier alpha value is -0.160. The van der Waals surface area contributed by atoms with Crippen LogP contribution in [0.3, 0.4) is 0 Å². The highest BCUT2D eigenvalue weighted by Crippen LogP contribution is 1.90. The highest BCUT2D eigenvalue weighted by atomic mass is 16.3. The standard InChI is InChI=1S/C4H12N2O2/c1-4(8,2-5)6-3-7/h6-8H,2-3,5H2,1H3. The summed E-state index contributed by atoms with van der Waals surface area (Å²) in [7, 11) is 0. The van der Waals surface area contributed by atoms with E-state index in [0.717, 1.165) is 0 Å². The van der Waals surface area contributed by atoms with Crippen molar-refractivity contribution in [1.82, 2.24) is 5.32 Å². The zero-order valence-corrected chi connectivity index (χ0v) is 4.89. The maximum absolute atomic E-state index is 8.93. The number of rotatable bonds is 3. The van der Waals surface area contributed by atoms with Gasteiger partial charge in [-0.1, -0.05) is 0 Å². The lowest BCUT2D eigenvalue weighted by Crippen LogP contribution is -2.48. The van der Waals surface area contributed by atoms with Crippen LogP contribution in [0.25, 0.3) is 0 Å². The summed E-state index contributed by atoms with van der Waals surface area (Å²) < 4.78 is 0. The Morgan fingerprint density at radius 3 is 2.38 bits per heavy atom. The van der Waals surface area contributed by atoms with Gasteiger partial charge in [-0.15, -0.1) is 0 Å². The Bertz CT molecular complexity index is 65.1. The molecular weight excluding hydrogens is 108 g/mol. The average molecular weight is 120 g/mol. The molecule has 0 aromatic heterocycles. The monoisotopic (exact) mass is 120 g/mol. The third-order valence-electron chi connectivity index (χ3n) is 0.857. The highest BCUT2D eigenvalue weighted by molar-refractivity contribution is 4.66. The molecule has 1 unspecified atom stereocenters. The summed E-state index contributed by atoms with van der Waals surface area (Å²) >= 11 is 0. The van der Waals surface area contributed by atoms with Crippen LogP contribution in [0.5, 0.6) is 0 Å². The molecule has 0 amide bonds. The van der Waals surface area contributed by atoms with Crippen molar-refractivity contribution in [3.8, 4) is 0 Å². The molecule has 0 rings (SSSR count). The molecule has 0 heterocycles. The molecule has 0 aromatic carbocycles. The van der Waals surface area contributed by atoms with Crippen LogP contribution in [-0.2, 0) is 0 Å². The van der Waals surface area contributed by atoms with Crippen LogP contribution < -0.4 is 11.1 Å². The van der Waals surface area contributed by atoms with E-state index in [2.05, 4.69) is 5.32 Å². The first kappa shape index (κ1) is 7.84. The fourth-order valence-electron chi connectivity index (χ4n) is 0.242. The smallest absolute Gasteiger partial charge is 0.127 e. The topological polar surface area (TPSA) is 78.5 Å². The van der Waals surface area contributed by atoms with E-state index < -0.39 is 5.72 Å². The summed E-state index contributed by atoms with van der Waals surface area (Å²) in [6.07, 6.45) is 0. The van der Waals surface area contributed by atoms with E-state index in [1.807, 2.05) is 0 Å². The van der Waals surface area contributed by atoms with Crippen molar-refractivity contribution in [2.45, 2.75) is 12.6 Å². The lowest BCUT2D eigenvalue weighted by molar-refractivity contribution is 0.00898. The predicted molar refractivity (Wildman–Crippen MR) is 29.9 cm³/mol. The molecule has 0 aliphatic rings. The number of nitrogens with two attached hydrogens (primary N) is 1. The molecule has 0 spiro atoms. The van der Waals surface area contributed by atoms with Crippen molar-refractivity contribution >= 4 is 0 Å². The maximum atomic E-state index is 8.93. The average Bonchev–Trinajstić information content (AvgIpc) is 1.67. The van der Waals surface area contributed by atoms with Gasteiger partial charge < -0.3 is 15.9 Å². The lowest BCUT2D eigenvalue weighted by Gasteiger charge is -2.20. The van der Waals surface area contributed by atoms with Crippen molar-refractivity contribution in [1.29, 1.82) is 0 Å². The molecule has 0 saturated carbocycles. The summed E-state index contributed by atoms with van der Waals surface area (Å²) in [4.78, 5) is 0. The predicted octanol–water partition coefficient (Wildman–Crippen LogP) is -1.81. The number of hydrogen-bond acceptors (Lipinski definition) is 4. The molecule has 0 bridgehead atoms. The van der Waals surface area contributed by atoms with Crippen LogP contribution in [-0.4, -0.2) is 29.2 Å². The third kappa shape index (κ3) is 2.92. The molecule has 0 aromatic rings. The summed E-state index contributed by atoms with van der Waals surface area (Å²) in [6.45, 7) is 1.32. The normalized spacial score (nSPS) is 18.0. The van der Waals surface area contributed by atoms with Gasteiger partial charge in [0.1, 0.15) is 5.72 Å². The number of aliphatic hydroxyl groups is 2. The van der Waals surface area contributed by atoms with E-state index >= 15 is 0 Å². The van der Waals surface area contributed by atoms with E-state index in [1.54, 1.807) is 0 Å². The third-order valence-corrected chi connectivity index (χ3v) is 0.857. The Morgan fingerprint density at radius 1 is 1.75 bits per heavy atom. The van der Waals surface area contributed by atoms with Gasteiger partial charge in [-0.25, -0.2) is 0 Å².